The molecular formula is C30H31N7O2. The van der Waals surface area contributed by atoms with E-state index in [9.17, 15) is 4.79 Å². The Balaban J connectivity index is 1.19. The minimum absolute atomic E-state index is 0.177. The summed E-state index contributed by atoms with van der Waals surface area (Å²) in [6.07, 6.45) is 5.99. The third-order valence-corrected chi connectivity index (χ3v) is 7.92. The summed E-state index contributed by atoms with van der Waals surface area (Å²) in [5.41, 5.74) is 3.98. The van der Waals surface area contributed by atoms with Gasteiger partial charge in [0.25, 0.3) is 0 Å². The number of H-pyrrole nitrogens is 1. The fourth-order valence-corrected chi connectivity index (χ4v) is 5.76. The van der Waals surface area contributed by atoms with Crippen molar-refractivity contribution in [1.82, 2.24) is 29.6 Å². The summed E-state index contributed by atoms with van der Waals surface area (Å²) < 4.78 is 7.68. The quantitative estimate of drug-likeness (QED) is 0.372. The molecule has 2 aliphatic heterocycles. The first-order valence-corrected chi connectivity index (χ1v) is 13.7. The zero-order chi connectivity index (χ0) is 26.2. The second-order valence-corrected chi connectivity index (χ2v) is 10.4. The summed E-state index contributed by atoms with van der Waals surface area (Å²) in [5.74, 6) is 1.79. The molecular weight excluding hydrogens is 490 g/mol. The molecule has 7 rings (SSSR count). The maximum absolute atomic E-state index is 12.9. The van der Waals surface area contributed by atoms with Crippen LogP contribution >= 0.6 is 0 Å². The van der Waals surface area contributed by atoms with Gasteiger partial charge in [0.15, 0.2) is 11.5 Å². The minimum Gasteiger partial charge on any atom is -0.378 e. The van der Waals surface area contributed by atoms with Crippen molar-refractivity contribution in [1.29, 1.82) is 0 Å². The summed E-state index contributed by atoms with van der Waals surface area (Å²) in [6.45, 7) is 4.37. The van der Waals surface area contributed by atoms with E-state index >= 15 is 0 Å². The summed E-state index contributed by atoms with van der Waals surface area (Å²) >= 11 is 0. The van der Waals surface area contributed by atoms with Crippen LogP contribution in [-0.2, 0) is 16.0 Å². The molecule has 2 fully saturated rings. The Morgan fingerprint density at radius 3 is 2.62 bits per heavy atom. The maximum Gasteiger partial charge on any atom is 0.226 e. The molecule has 39 heavy (non-hydrogen) atoms. The highest BCUT2D eigenvalue weighted by Gasteiger charge is 2.28. The average molecular weight is 522 g/mol. The average Bonchev–Trinajstić information content (AvgIpc) is 3.64. The normalized spacial score (nSPS) is 16.8. The van der Waals surface area contributed by atoms with E-state index in [1.165, 1.54) is 0 Å². The van der Waals surface area contributed by atoms with Crippen molar-refractivity contribution in [2.75, 3.05) is 44.3 Å². The molecule has 0 radical (unpaired) electrons. The van der Waals surface area contributed by atoms with Crippen LogP contribution in [0.4, 0.5) is 5.82 Å². The molecule has 5 heterocycles. The van der Waals surface area contributed by atoms with Crippen molar-refractivity contribution >= 4 is 33.7 Å². The molecule has 2 aromatic carbocycles. The van der Waals surface area contributed by atoms with Crippen LogP contribution in [0.25, 0.3) is 33.3 Å². The first kappa shape index (κ1) is 23.8. The van der Waals surface area contributed by atoms with Gasteiger partial charge in [-0.05, 0) is 42.7 Å². The number of morpholine rings is 1. The molecule has 0 atom stereocenters. The van der Waals surface area contributed by atoms with Gasteiger partial charge in [-0.2, -0.15) is 5.10 Å². The van der Waals surface area contributed by atoms with Crippen LogP contribution in [0, 0.1) is 0 Å². The summed E-state index contributed by atoms with van der Waals surface area (Å²) in [5, 5.41) is 6.93. The van der Waals surface area contributed by atoms with Crippen LogP contribution in [-0.4, -0.2) is 74.9 Å². The van der Waals surface area contributed by atoms with Crippen LogP contribution in [0.15, 0.2) is 67.0 Å². The highest BCUT2D eigenvalue weighted by atomic mass is 16.5. The predicted molar refractivity (Wildman–Crippen MR) is 151 cm³/mol. The van der Waals surface area contributed by atoms with E-state index < -0.39 is 0 Å². The number of fused-ring (bicyclic) bond motifs is 2. The number of hydrogen-bond donors (Lipinski definition) is 1. The van der Waals surface area contributed by atoms with Crippen molar-refractivity contribution in [3.8, 4) is 11.4 Å². The van der Waals surface area contributed by atoms with Crippen molar-refractivity contribution in [2.45, 2.75) is 25.3 Å². The van der Waals surface area contributed by atoms with E-state index in [2.05, 4.69) is 38.8 Å². The Kier molecular flexibility index (Phi) is 6.20. The van der Waals surface area contributed by atoms with E-state index in [0.29, 0.717) is 25.5 Å². The summed E-state index contributed by atoms with van der Waals surface area (Å²) in [6, 6.07) is 18.5. The number of aromatic nitrogens is 5. The fraction of sp³-hybridized carbons (Fsp3) is 0.333. The number of nitrogens with one attached hydrogen (secondary N) is 1. The zero-order valence-corrected chi connectivity index (χ0v) is 21.8. The Labute approximate surface area is 226 Å². The van der Waals surface area contributed by atoms with Crippen LogP contribution < -0.4 is 4.90 Å². The second-order valence-electron chi connectivity index (χ2n) is 10.4. The van der Waals surface area contributed by atoms with Crippen molar-refractivity contribution in [3.63, 3.8) is 0 Å². The molecule has 2 aliphatic rings. The van der Waals surface area contributed by atoms with Gasteiger partial charge in [-0.3, -0.25) is 4.79 Å². The third kappa shape index (κ3) is 4.63. The molecule has 9 heteroatoms. The van der Waals surface area contributed by atoms with Gasteiger partial charge in [-0.1, -0.05) is 30.3 Å². The standard InChI is InChI=1S/C30H31N7O2/c38-27(18-21-4-2-1-3-5-21)35-12-9-24(10-13-35)37-30-25(20-32-37)29(36-14-16-39-17-15-36)33-28(34-30)23-6-7-26-22(19-23)8-11-31-26/h1-8,11,19-20,24,31H,9-10,12-18H2. The molecule has 198 valence electrons. The Bertz CT molecular complexity index is 1610. The van der Waals surface area contributed by atoms with Gasteiger partial charge in [0, 0.05) is 48.8 Å². The number of hydrogen-bond acceptors (Lipinski definition) is 6. The van der Waals surface area contributed by atoms with E-state index in [0.717, 1.165) is 77.9 Å². The third-order valence-electron chi connectivity index (χ3n) is 7.92. The first-order valence-electron chi connectivity index (χ1n) is 13.7. The monoisotopic (exact) mass is 521 g/mol. The van der Waals surface area contributed by atoms with Gasteiger partial charge in [0.1, 0.15) is 5.82 Å². The van der Waals surface area contributed by atoms with Crippen molar-refractivity contribution in [2.24, 2.45) is 0 Å². The number of aromatic amines is 1. The van der Waals surface area contributed by atoms with E-state index in [-0.39, 0.29) is 11.9 Å². The predicted octanol–water partition coefficient (Wildman–Crippen LogP) is 4.22. The van der Waals surface area contributed by atoms with E-state index in [4.69, 9.17) is 19.8 Å². The van der Waals surface area contributed by atoms with Gasteiger partial charge in [-0.15, -0.1) is 0 Å². The number of amides is 1. The topological polar surface area (TPSA) is 92.2 Å². The molecule has 1 N–H and O–H groups in total. The van der Waals surface area contributed by atoms with Crippen LogP contribution in [0.3, 0.4) is 0 Å². The summed E-state index contributed by atoms with van der Waals surface area (Å²) in [4.78, 5) is 30.6. The molecule has 1 amide bonds. The number of rotatable bonds is 5. The van der Waals surface area contributed by atoms with Gasteiger partial charge in [0.05, 0.1) is 37.3 Å². The van der Waals surface area contributed by atoms with Gasteiger partial charge in [-0.25, -0.2) is 14.6 Å². The number of carbonyl (C=O) groups excluding carboxylic acids is 1. The number of carbonyl (C=O) groups is 1. The number of piperidine rings is 1. The lowest BCUT2D eigenvalue weighted by atomic mass is 10.0. The molecule has 9 nitrogen and oxygen atoms in total. The number of likely N-dealkylation sites (tertiary alicyclic amines) is 1. The molecule has 0 spiro atoms. The van der Waals surface area contributed by atoms with E-state index in [1.807, 2.05) is 47.6 Å². The van der Waals surface area contributed by atoms with E-state index in [1.54, 1.807) is 0 Å². The van der Waals surface area contributed by atoms with Crippen molar-refractivity contribution < 1.29 is 9.53 Å². The van der Waals surface area contributed by atoms with Crippen molar-refractivity contribution in [3.05, 3.63) is 72.6 Å². The Morgan fingerprint density at radius 1 is 0.974 bits per heavy atom. The zero-order valence-electron chi connectivity index (χ0n) is 21.8. The molecule has 0 bridgehead atoms. The van der Waals surface area contributed by atoms with Gasteiger partial charge >= 0.3 is 0 Å². The number of ether oxygens (including phenoxy) is 1. The first-order chi connectivity index (χ1) is 19.2. The number of anilines is 1. The van der Waals surface area contributed by atoms with Gasteiger partial charge in [0.2, 0.25) is 5.91 Å². The largest absolute Gasteiger partial charge is 0.378 e. The lowest BCUT2D eigenvalue weighted by Gasteiger charge is -2.32. The van der Waals surface area contributed by atoms with Crippen LogP contribution in [0.2, 0.25) is 0 Å². The molecule has 0 unspecified atom stereocenters. The molecule has 5 aromatic rings. The van der Waals surface area contributed by atoms with Gasteiger partial charge < -0.3 is 19.5 Å². The lowest BCUT2D eigenvalue weighted by Crippen LogP contribution is -2.40. The number of benzene rings is 2. The number of nitrogens with zero attached hydrogens (tertiary/aromatic N) is 6. The molecule has 3 aromatic heterocycles. The smallest absolute Gasteiger partial charge is 0.226 e. The Morgan fingerprint density at radius 2 is 1.79 bits per heavy atom. The highest BCUT2D eigenvalue weighted by Crippen LogP contribution is 2.33. The molecule has 2 saturated heterocycles. The minimum atomic E-state index is 0.177. The molecule has 0 aliphatic carbocycles. The fourth-order valence-electron chi connectivity index (χ4n) is 5.76. The molecule has 0 saturated carbocycles. The second kappa shape index (κ2) is 10.1. The Hall–Kier alpha value is -4.24. The van der Waals surface area contributed by atoms with Crippen LogP contribution in [0.5, 0.6) is 0 Å². The summed E-state index contributed by atoms with van der Waals surface area (Å²) in [7, 11) is 0. The SMILES string of the molecule is O=C(Cc1ccccc1)N1CCC(n2ncc3c(N4CCOCC4)nc(-c4ccc5[nH]ccc5c4)nc32)CC1. The highest BCUT2D eigenvalue weighted by molar-refractivity contribution is 5.90. The maximum atomic E-state index is 12.9. The van der Waals surface area contributed by atoms with Crippen LogP contribution in [0.1, 0.15) is 24.4 Å². The lowest BCUT2D eigenvalue weighted by molar-refractivity contribution is -0.131.